The van der Waals surface area contributed by atoms with Gasteiger partial charge in [-0.3, -0.25) is 4.79 Å². The molecule has 1 amide bonds. The Morgan fingerprint density at radius 3 is 2.54 bits per heavy atom. The van der Waals surface area contributed by atoms with Crippen molar-refractivity contribution in [1.82, 2.24) is 20.2 Å². The number of amides is 1. The smallest absolute Gasteiger partial charge is 0.233 e. The number of hydrogen-bond acceptors (Lipinski definition) is 6. The number of nitrogens with zero attached hydrogens (tertiary/aromatic N) is 3. The lowest BCUT2D eigenvalue weighted by Gasteiger charge is -2.11. The minimum atomic E-state index is -0.343. The minimum absolute atomic E-state index is 0.0754. The topological polar surface area (TPSA) is 95.1 Å². The van der Waals surface area contributed by atoms with Crippen molar-refractivity contribution < 1.29 is 9.53 Å². The number of rotatable bonds is 8. The molecule has 146 valence electrons. The number of carbonyl (C=O) groups is 1. The molecule has 3 rings (SSSR count). The first kappa shape index (κ1) is 19.8. The zero-order chi connectivity index (χ0) is 19.9. The summed E-state index contributed by atoms with van der Waals surface area (Å²) in [5, 5.41) is 11.4. The van der Waals surface area contributed by atoms with E-state index in [0.29, 0.717) is 23.9 Å². The predicted octanol–water partition coefficient (Wildman–Crippen LogP) is 2.39. The molecule has 3 aromatic rings. The van der Waals surface area contributed by atoms with Gasteiger partial charge in [0.15, 0.2) is 5.82 Å². The lowest BCUT2D eigenvalue weighted by molar-refractivity contribution is -0.120. The first-order valence-corrected chi connectivity index (χ1v) is 9.75. The maximum atomic E-state index is 12.3. The Kier molecular flexibility index (Phi) is 6.54. The summed E-state index contributed by atoms with van der Waals surface area (Å²) in [7, 11) is 1.63. The maximum Gasteiger partial charge on any atom is 0.233 e. The fourth-order valence-electron chi connectivity index (χ4n) is 2.57. The summed E-state index contributed by atoms with van der Waals surface area (Å²) in [4.78, 5) is 12.3. The van der Waals surface area contributed by atoms with Gasteiger partial charge >= 0.3 is 0 Å². The van der Waals surface area contributed by atoms with E-state index in [0.717, 1.165) is 16.9 Å². The third kappa shape index (κ3) is 5.04. The Balaban J connectivity index is 1.57. The second-order valence-electron chi connectivity index (χ2n) is 6.26. The number of nitrogen functional groups attached to an aromatic ring is 1. The molecule has 0 radical (unpaired) electrons. The van der Waals surface area contributed by atoms with Crippen molar-refractivity contribution in [1.29, 1.82) is 0 Å². The van der Waals surface area contributed by atoms with Crippen LogP contribution in [0.25, 0.3) is 0 Å². The molecule has 0 fully saturated rings. The van der Waals surface area contributed by atoms with Crippen molar-refractivity contribution >= 4 is 17.7 Å². The molecular weight excluding hydrogens is 374 g/mol. The van der Waals surface area contributed by atoms with Gasteiger partial charge in [0.05, 0.1) is 12.4 Å². The highest BCUT2D eigenvalue weighted by Crippen LogP contribution is 2.22. The van der Waals surface area contributed by atoms with Crippen molar-refractivity contribution in [2.24, 2.45) is 0 Å². The third-order valence-electron chi connectivity index (χ3n) is 4.22. The second kappa shape index (κ2) is 9.27. The first-order valence-electron chi connectivity index (χ1n) is 8.87. The van der Waals surface area contributed by atoms with E-state index in [4.69, 9.17) is 10.6 Å². The molecule has 0 aliphatic carbocycles. The normalized spacial score (nSPS) is 11.8. The second-order valence-corrected chi connectivity index (χ2v) is 7.57. The molecule has 2 aromatic carbocycles. The summed E-state index contributed by atoms with van der Waals surface area (Å²) in [5.41, 5.74) is 2.10. The third-order valence-corrected chi connectivity index (χ3v) is 5.27. The number of carbonyl (C=O) groups excluding carboxylic acids is 1. The Bertz CT molecular complexity index is 912. The van der Waals surface area contributed by atoms with Crippen LogP contribution in [0, 0.1) is 0 Å². The first-order chi connectivity index (χ1) is 13.6. The van der Waals surface area contributed by atoms with Crippen LogP contribution in [0.4, 0.5) is 0 Å². The standard InChI is InChI=1S/C20H23N5O2S/c1-14(19(26)22-13-16-6-4-3-5-7-16)28-20-24-23-18(25(20)21)12-15-8-10-17(27-2)11-9-15/h3-11,14H,12-13,21H2,1-2H3,(H,22,26)/t14-/m1/s1. The molecular formula is C20H23N5O2S. The van der Waals surface area contributed by atoms with Crippen LogP contribution in [0.5, 0.6) is 5.75 Å². The molecule has 0 saturated carbocycles. The molecule has 1 heterocycles. The van der Waals surface area contributed by atoms with Gasteiger partial charge in [-0.05, 0) is 30.2 Å². The molecule has 1 atom stereocenters. The summed E-state index contributed by atoms with van der Waals surface area (Å²) >= 11 is 1.28. The van der Waals surface area contributed by atoms with Crippen molar-refractivity contribution in [3.05, 3.63) is 71.5 Å². The Labute approximate surface area is 168 Å². The van der Waals surface area contributed by atoms with Crippen LogP contribution in [0.1, 0.15) is 23.9 Å². The van der Waals surface area contributed by atoms with Crippen LogP contribution in [-0.4, -0.2) is 33.1 Å². The Morgan fingerprint density at radius 2 is 1.86 bits per heavy atom. The molecule has 3 N–H and O–H groups in total. The summed E-state index contributed by atoms with van der Waals surface area (Å²) in [6, 6.07) is 17.5. The summed E-state index contributed by atoms with van der Waals surface area (Å²) < 4.78 is 6.60. The van der Waals surface area contributed by atoms with Crippen LogP contribution < -0.4 is 15.9 Å². The molecule has 28 heavy (non-hydrogen) atoms. The number of hydrogen-bond donors (Lipinski definition) is 2. The van der Waals surface area contributed by atoms with E-state index in [1.165, 1.54) is 16.4 Å². The fourth-order valence-corrected chi connectivity index (χ4v) is 3.39. The molecule has 7 nitrogen and oxygen atoms in total. The summed E-state index contributed by atoms with van der Waals surface area (Å²) in [6.45, 7) is 2.31. The van der Waals surface area contributed by atoms with Crippen LogP contribution in [0.2, 0.25) is 0 Å². The molecule has 0 aliphatic rings. The molecule has 8 heteroatoms. The van der Waals surface area contributed by atoms with E-state index >= 15 is 0 Å². The highest BCUT2D eigenvalue weighted by Gasteiger charge is 2.19. The fraction of sp³-hybridized carbons (Fsp3) is 0.250. The van der Waals surface area contributed by atoms with Crippen LogP contribution in [-0.2, 0) is 17.8 Å². The number of benzene rings is 2. The van der Waals surface area contributed by atoms with Crippen molar-refractivity contribution in [3.63, 3.8) is 0 Å². The number of nitrogens with one attached hydrogen (secondary N) is 1. The van der Waals surface area contributed by atoms with Gasteiger partial charge in [0.2, 0.25) is 11.1 Å². The average Bonchev–Trinajstić information content (AvgIpc) is 3.06. The van der Waals surface area contributed by atoms with Gasteiger partial charge < -0.3 is 15.9 Å². The monoisotopic (exact) mass is 397 g/mol. The van der Waals surface area contributed by atoms with Crippen molar-refractivity contribution in [2.75, 3.05) is 13.0 Å². The molecule has 0 spiro atoms. The van der Waals surface area contributed by atoms with Gasteiger partial charge in [-0.2, -0.15) is 0 Å². The largest absolute Gasteiger partial charge is 0.497 e. The molecule has 0 aliphatic heterocycles. The Hall–Kier alpha value is -3.00. The van der Waals surface area contributed by atoms with Gasteiger partial charge in [-0.15, -0.1) is 10.2 Å². The Morgan fingerprint density at radius 1 is 1.14 bits per heavy atom. The number of aromatic nitrogens is 3. The van der Waals surface area contributed by atoms with E-state index in [9.17, 15) is 4.79 Å². The van der Waals surface area contributed by atoms with Crippen LogP contribution >= 0.6 is 11.8 Å². The van der Waals surface area contributed by atoms with E-state index < -0.39 is 0 Å². The van der Waals surface area contributed by atoms with Crippen LogP contribution in [0.15, 0.2) is 59.8 Å². The predicted molar refractivity (Wildman–Crippen MR) is 110 cm³/mol. The SMILES string of the molecule is COc1ccc(Cc2nnc(S[C@H](C)C(=O)NCc3ccccc3)n2N)cc1. The van der Waals surface area contributed by atoms with Crippen molar-refractivity contribution in [3.8, 4) is 5.75 Å². The molecule has 0 saturated heterocycles. The van der Waals surface area contributed by atoms with E-state index in [1.54, 1.807) is 7.11 Å². The average molecular weight is 398 g/mol. The number of ether oxygens (including phenoxy) is 1. The number of methoxy groups -OCH3 is 1. The lowest BCUT2D eigenvalue weighted by Crippen LogP contribution is -2.30. The number of thioether (sulfide) groups is 1. The highest BCUT2D eigenvalue weighted by molar-refractivity contribution is 8.00. The quantitative estimate of drug-likeness (QED) is 0.448. The zero-order valence-electron chi connectivity index (χ0n) is 15.8. The van der Waals surface area contributed by atoms with E-state index in [1.807, 2.05) is 61.5 Å². The minimum Gasteiger partial charge on any atom is -0.497 e. The molecule has 0 unspecified atom stereocenters. The molecule has 0 bridgehead atoms. The maximum absolute atomic E-state index is 12.3. The lowest BCUT2D eigenvalue weighted by atomic mass is 10.1. The van der Waals surface area contributed by atoms with Crippen molar-refractivity contribution in [2.45, 2.75) is 30.3 Å². The zero-order valence-corrected chi connectivity index (χ0v) is 16.6. The van der Waals surface area contributed by atoms with Crippen LogP contribution in [0.3, 0.4) is 0 Å². The number of nitrogens with two attached hydrogens (primary N) is 1. The van der Waals surface area contributed by atoms with Gasteiger partial charge in [0.1, 0.15) is 5.75 Å². The van der Waals surface area contributed by atoms with Gasteiger partial charge in [-0.25, -0.2) is 4.68 Å². The van der Waals surface area contributed by atoms with Gasteiger partial charge in [0.25, 0.3) is 0 Å². The highest BCUT2D eigenvalue weighted by atomic mass is 32.2. The van der Waals surface area contributed by atoms with E-state index in [-0.39, 0.29) is 11.2 Å². The summed E-state index contributed by atoms with van der Waals surface area (Å²) in [6.07, 6.45) is 0.544. The summed E-state index contributed by atoms with van der Waals surface area (Å²) in [5.74, 6) is 7.48. The van der Waals surface area contributed by atoms with Gasteiger partial charge in [-0.1, -0.05) is 54.2 Å². The van der Waals surface area contributed by atoms with E-state index in [2.05, 4.69) is 15.5 Å². The molecule has 1 aromatic heterocycles. The van der Waals surface area contributed by atoms with Gasteiger partial charge in [0, 0.05) is 13.0 Å².